The molecule has 0 saturated carbocycles. The molecule has 1 saturated heterocycles. The fourth-order valence-corrected chi connectivity index (χ4v) is 3.76. The minimum atomic E-state index is -0.885. The van der Waals surface area contributed by atoms with E-state index in [2.05, 4.69) is 4.98 Å². The maximum absolute atomic E-state index is 13.1. The highest BCUT2D eigenvalue weighted by Crippen LogP contribution is 2.41. The fraction of sp³-hybridized carbons (Fsp3) is 0.160. The van der Waals surface area contributed by atoms with Crippen molar-refractivity contribution >= 4 is 34.7 Å². The number of hydrogen-bond acceptors (Lipinski definition) is 5. The first-order valence-electron chi connectivity index (χ1n) is 10.1. The summed E-state index contributed by atoms with van der Waals surface area (Å²) in [5.41, 5.74) is 1.31. The van der Waals surface area contributed by atoms with Crippen LogP contribution in [0.5, 0.6) is 5.75 Å². The molecule has 32 heavy (non-hydrogen) atoms. The third-order valence-electron chi connectivity index (χ3n) is 5.02. The number of nitrogens with zero attached hydrogens (tertiary/aromatic N) is 2. The molecule has 0 radical (unpaired) electrons. The van der Waals surface area contributed by atoms with E-state index in [1.54, 1.807) is 72.9 Å². The van der Waals surface area contributed by atoms with Gasteiger partial charge in [0.25, 0.3) is 11.7 Å². The predicted octanol–water partition coefficient (Wildman–Crippen LogP) is 5.15. The summed E-state index contributed by atoms with van der Waals surface area (Å²) in [5, 5.41) is 11.6. The van der Waals surface area contributed by atoms with Crippen molar-refractivity contribution in [3.8, 4) is 5.75 Å². The summed E-state index contributed by atoms with van der Waals surface area (Å²) in [4.78, 5) is 31.8. The number of hydrogen-bond donors (Lipinski definition) is 1. The van der Waals surface area contributed by atoms with Crippen molar-refractivity contribution < 1.29 is 19.4 Å². The number of benzene rings is 2. The van der Waals surface area contributed by atoms with Crippen LogP contribution in [0.1, 0.15) is 31.1 Å². The molecule has 0 spiro atoms. The van der Waals surface area contributed by atoms with Gasteiger partial charge in [0.15, 0.2) is 0 Å². The molecular formula is C25H21ClN2O4. The molecule has 1 amide bonds. The third-order valence-corrected chi connectivity index (χ3v) is 5.27. The number of ether oxygens (including phenoxy) is 1. The Morgan fingerprint density at radius 1 is 1.03 bits per heavy atom. The summed E-state index contributed by atoms with van der Waals surface area (Å²) in [6.07, 6.45) is 1.58. The number of Topliss-reactive ketones (excluding diaryl/α,β-unsaturated/α-hetero) is 1. The monoisotopic (exact) mass is 448 g/mol. The van der Waals surface area contributed by atoms with Gasteiger partial charge in [0.1, 0.15) is 17.6 Å². The molecule has 0 aliphatic carbocycles. The van der Waals surface area contributed by atoms with Crippen LogP contribution in [-0.2, 0) is 9.59 Å². The molecule has 3 aromatic rings. The van der Waals surface area contributed by atoms with Gasteiger partial charge in [-0.05, 0) is 74.5 Å². The Bertz CT molecular complexity index is 1170. The van der Waals surface area contributed by atoms with Gasteiger partial charge in [-0.1, -0.05) is 17.7 Å². The molecule has 7 heteroatoms. The van der Waals surface area contributed by atoms with Gasteiger partial charge in [-0.25, -0.2) is 0 Å². The summed E-state index contributed by atoms with van der Waals surface area (Å²) in [6.45, 7) is 3.83. The minimum absolute atomic E-state index is 0.00306. The highest BCUT2D eigenvalue weighted by Gasteiger charge is 2.47. The maximum atomic E-state index is 13.1. The Balaban J connectivity index is 1.84. The first kappa shape index (κ1) is 21.6. The van der Waals surface area contributed by atoms with Crippen LogP contribution in [0, 0.1) is 0 Å². The second kappa shape index (κ2) is 8.85. The van der Waals surface area contributed by atoms with Crippen LogP contribution < -0.4 is 9.64 Å². The normalized spacial score (nSPS) is 17.8. The Morgan fingerprint density at radius 2 is 1.72 bits per heavy atom. The summed E-state index contributed by atoms with van der Waals surface area (Å²) in [6, 6.07) is 17.6. The average Bonchev–Trinajstić information content (AvgIpc) is 3.05. The van der Waals surface area contributed by atoms with Crippen molar-refractivity contribution in [1.29, 1.82) is 0 Å². The van der Waals surface area contributed by atoms with E-state index >= 15 is 0 Å². The van der Waals surface area contributed by atoms with Gasteiger partial charge in [0.2, 0.25) is 0 Å². The van der Waals surface area contributed by atoms with Crippen molar-refractivity contribution in [2.75, 3.05) is 4.90 Å². The summed E-state index contributed by atoms with van der Waals surface area (Å²) in [5.74, 6) is -1.16. The van der Waals surface area contributed by atoms with Crippen molar-refractivity contribution in [2.45, 2.75) is 26.0 Å². The second-order valence-electron chi connectivity index (χ2n) is 7.59. The number of anilines is 1. The van der Waals surface area contributed by atoms with Crippen LogP contribution in [0.4, 0.5) is 5.69 Å². The molecule has 1 N–H and O–H groups in total. The van der Waals surface area contributed by atoms with E-state index < -0.39 is 17.7 Å². The predicted molar refractivity (Wildman–Crippen MR) is 123 cm³/mol. The fourth-order valence-electron chi connectivity index (χ4n) is 3.64. The number of ketones is 1. The lowest BCUT2D eigenvalue weighted by Gasteiger charge is -2.24. The number of aliphatic hydroxyl groups excluding tert-OH is 1. The van der Waals surface area contributed by atoms with Crippen molar-refractivity contribution in [1.82, 2.24) is 4.98 Å². The van der Waals surface area contributed by atoms with E-state index in [1.807, 2.05) is 13.8 Å². The molecule has 1 unspecified atom stereocenters. The number of carbonyl (C=O) groups is 2. The quantitative estimate of drug-likeness (QED) is 0.332. The van der Waals surface area contributed by atoms with Crippen molar-refractivity contribution in [2.24, 2.45) is 0 Å². The van der Waals surface area contributed by atoms with E-state index in [0.29, 0.717) is 27.7 Å². The number of halogens is 1. The summed E-state index contributed by atoms with van der Waals surface area (Å²) >= 11 is 6.00. The van der Waals surface area contributed by atoms with Crippen LogP contribution in [0.3, 0.4) is 0 Å². The van der Waals surface area contributed by atoms with Crippen LogP contribution >= 0.6 is 11.6 Å². The number of carbonyl (C=O) groups excluding carboxylic acids is 2. The van der Waals surface area contributed by atoms with Crippen molar-refractivity contribution in [3.05, 3.63) is 94.8 Å². The molecule has 2 aromatic carbocycles. The van der Waals surface area contributed by atoms with Crippen molar-refractivity contribution in [3.63, 3.8) is 0 Å². The van der Waals surface area contributed by atoms with Gasteiger partial charge in [0.05, 0.1) is 17.4 Å². The van der Waals surface area contributed by atoms with E-state index in [4.69, 9.17) is 16.3 Å². The molecule has 1 aliphatic rings. The van der Waals surface area contributed by atoms with Gasteiger partial charge < -0.3 is 9.84 Å². The van der Waals surface area contributed by atoms with Crippen LogP contribution in [0.25, 0.3) is 5.76 Å². The lowest BCUT2D eigenvalue weighted by molar-refractivity contribution is -0.132. The zero-order valence-electron chi connectivity index (χ0n) is 17.5. The standard InChI is InChI=1S/C25H21ClN2O4/c1-15(2)32-19-12-6-16(7-13-19)23(29)21-22(20-5-3-4-14-27-20)28(25(31)24(21)30)18-10-8-17(26)9-11-18/h3-15,22,29H,1-2H3/b23-21-. The van der Waals surface area contributed by atoms with Gasteiger partial charge >= 0.3 is 0 Å². The number of pyridine rings is 1. The number of aromatic nitrogens is 1. The van der Waals surface area contributed by atoms with Gasteiger partial charge in [-0.15, -0.1) is 0 Å². The highest BCUT2D eigenvalue weighted by molar-refractivity contribution is 6.51. The molecule has 1 fully saturated rings. The molecule has 1 atom stereocenters. The largest absolute Gasteiger partial charge is 0.507 e. The van der Waals surface area contributed by atoms with Crippen LogP contribution in [-0.4, -0.2) is 27.9 Å². The zero-order valence-corrected chi connectivity index (χ0v) is 18.3. The van der Waals surface area contributed by atoms with E-state index in [9.17, 15) is 14.7 Å². The molecule has 0 bridgehead atoms. The molecular weight excluding hydrogens is 428 g/mol. The lowest BCUT2D eigenvalue weighted by Crippen LogP contribution is -2.29. The zero-order chi connectivity index (χ0) is 22.8. The SMILES string of the molecule is CC(C)Oc1ccc(/C(O)=C2/C(=O)C(=O)N(c3ccc(Cl)cc3)C2c2ccccn2)cc1. The average molecular weight is 449 g/mol. The van der Waals surface area contributed by atoms with Gasteiger partial charge in [0, 0.05) is 22.5 Å². The summed E-state index contributed by atoms with van der Waals surface area (Å²) in [7, 11) is 0. The Morgan fingerprint density at radius 3 is 2.31 bits per heavy atom. The molecule has 2 heterocycles. The number of amides is 1. The highest BCUT2D eigenvalue weighted by atomic mass is 35.5. The molecule has 162 valence electrons. The van der Waals surface area contributed by atoms with E-state index in [1.165, 1.54) is 4.90 Å². The third kappa shape index (κ3) is 4.09. The second-order valence-corrected chi connectivity index (χ2v) is 8.03. The van der Waals surface area contributed by atoms with E-state index in [-0.39, 0.29) is 17.4 Å². The molecule has 6 nitrogen and oxygen atoms in total. The Hall–Kier alpha value is -3.64. The first-order valence-corrected chi connectivity index (χ1v) is 10.5. The maximum Gasteiger partial charge on any atom is 0.300 e. The number of aliphatic hydroxyl groups is 1. The molecule has 1 aromatic heterocycles. The van der Waals surface area contributed by atoms with Crippen LogP contribution in [0.15, 0.2) is 78.5 Å². The lowest BCUT2D eigenvalue weighted by atomic mass is 9.98. The number of rotatable bonds is 5. The smallest absolute Gasteiger partial charge is 0.300 e. The van der Waals surface area contributed by atoms with Gasteiger partial charge in [-0.3, -0.25) is 19.5 Å². The Labute approximate surface area is 190 Å². The first-order chi connectivity index (χ1) is 15.4. The topological polar surface area (TPSA) is 79.7 Å². The minimum Gasteiger partial charge on any atom is -0.507 e. The molecule has 1 aliphatic heterocycles. The molecule has 4 rings (SSSR count). The van der Waals surface area contributed by atoms with Crippen LogP contribution in [0.2, 0.25) is 5.02 Å². The van der Waals surface area contributed by atoms with Gasteiger partial charge in [-0.2, -0.15) is 0 Å². The van der Waals surface area contributed by atoms with E-state index in [0.717, 1.165) is 0 Å². The Kier molecular flexibility index (Phi) is 5.97. The summed E-state index contributed by atoms with van der Waals surface area (Å²) < 4.78 is 5.64.